The van der Waals surface area contributed by atoms with Crippen molar-refractivity contribution < 1.29 is 35.0 Å². The van der Waals surface area contributed by atoms with Crippen molar-refractivity contribution in [3.05, 3.63) is 0 Å². The van der Waals surface area contributed by atoms with Crippen LogP contribution in [0.15, 0.2) is 0 Å². The molecule has 6 heteroatoms. The van der Waals surface area contributed by atoms with Crippen LogP contribution in [-0.2, 0) is 30.1 Å². The Morgan fingerprint density at radius 1 is 1.30 bits per heavy atom. The average molecular weight is 212 g/mol. The van der Waals surface area contributed by atoms with Gasteiger partial charge in [-0.05, 0) is 13.8 Å². The molecule has 0 aliphatic carbocycles. The predicted octanol–water partition coefficient (Wildman–Crippen LogP) is 0.525. The van der Waals surface area contributed by atoms with Crippen LogP contribution >= 0.6 is 7.82 Å². The predicted molar refractivity (Wildman–Crippen MR) is 30.9 cm³/mol. The minimum atomic E-state index is -3.94. The second-order valence-corrected chi connectivity index (χ2v) is 2.69. The molecular formula is C4H10NiO4P+. The summed E-state index contributed by atoms with van der Waals surface area (Å²) in [5, 5.41) is 0. The van der Waals surface area contributed by atoms with Crippen LogP contribution in [-0.4, -0.2) is 13.2 Å². The van der Waals surface area contributed by atoms with Crippen LogP contribution in [0, 0.1) is 0 Å². The molecule has 0 aliphatic rings. The number of rotatable bonds is 4. The number of phosphoric acid groups is 1. The van der Waals surface area contributed by atoms with Crippen molar-refractivity contribution in [3.8, 4) is 0 Å². The van der Waals surface area contributed by atoms with Crippen LogP contribution in [0.25, 0.3) is 0 Å². The van der Waals surface area contributed by atoms with E-state index in [-0.39, 0.29) is 29.7 Å². The molecule has 0 spiro atoms. The Hall–Kier alpha value is 0.604. The molecule has 0 saturated carbocycles. The first-order valence-electron chi connectivity index (χ1n) is 2.72. The SMILES string of the molecule is CCOP(=O)([O-])OCC.[Ni+2]. The van der Waals surface area contributed by atoms with Crippen LogP contribution < -0.4 is 4.89 Å². The second kappa shape index (κ2) is 6.32. The third-order valence-corrected chi connectivity index (χ3v) is 1.72. The maximum Gasteiger partial charge on any atom is 2.00 e. The van der Waals surface area contributed by atoms with Gasteiger partial charge in [-0.3, -0.25) is 4.57 Å². The smallest absolute Gasteiger partial charge is 0.756 e. The maximum absolute atomic E-state index is 10.4. The summed E-state index contributed by atoms with van der Waals surface area (Å²) in [5.74, 6) is 0. The third-order valence-electron chi connectivity index (χ3n) is 0.574. The molecule has 0 aromatic heterocycles. The van der Waals surface area contributed by atoms with E-state index >= 15 is 0 Å². The van der Waals surface area contributed by atoms with E-state index in [1.54, 1.807) is 13.8 Å². The van der Waals surface area contributed by atoms with Gasteiger partial charge in [-0.25, -0.2) is 0 Å². The van der Waals surface area contributed by atoms with Gasteiger partial charge in [-0.2, -0.15) is 0 Å². The molecule has 0 aliphatic heterocycles. The van der Waals surface area contributed by atoms with Gasteiger partial charge < -0.3 is 13.9 Å². The monoisotopic (exact) mass is 211 g/mol. The molecule has 0 atom stereocenters. The van der Waals surface area contributed by atoms with E-state index in [0.29, 0.717) is 0 Å². The van der Waals surface area contributed by atoms with Crippen molar-refractivity contribution in [2.75, 3.05) is 13.2 Å². The van der Waals surface area contributed by atoms with E-state index in [4.69, 9.17) is 0 Å². The molecule has 0 aromatic carbocycles. The maximum atomic E-state index is 10.4. The standard InChI is InChI=1S/C4H11O4P.Ni/c1-3-7-9(5,6)8-4-2;/h3-4H2,1-2H3,(H,5,6);/q;+2/p-1. The number of hydrogen-bond acceptors (Lipinski definition) is 4. The van der Waals surface area contributed by atoms with E-state index < -0.39 is 7.82 Å². The van der Waals surface area contributed by atoms with Crippen LogP contribution in [0.5, 0.6) is 0 Å². The van der Waals surface area contributed by atoms with Gasteiger partial charge in [0.2, 0.25) is 0 Å². The Morgan fingerprint density at radius 2 is 1.60 bits per heavy atom. The summed E-state index contributed by atoms with van der Waals surface area (Å²) in [4.78, 5) is 10.4. The average Bonchev–Trinajstić information content (AvgIpc) is 1.64. The van der Waals surface area contributed by atoms with Crippen molar-refractivity contribution >= 4 is 7.82 Å². The van der Waals surface area contributed by atoms with Crippen LogP contribution in [0.2, 0.25) is 0 Å². The first kappa shape index (κ1) is 13.2. The van der Waals surface area contributed by atoms with E-state index in [0.717, 1.165) is 0 Å². The summed E-state index contributed by atoms with van der Waals surface area (Å²) in [6, 6.07) is 0. The number of hydrogen-bond donors (Lipinski definition) is 0. The molecule has 64 valence electrons. The van der Waals surface area contributed by atoms with Gasteiger partial charge in [0.1, 0.15) is 0 Å². The topological polar surface area (TPSA) is 58.6 Å². The summed E-state index contributed by atoms with van der Waals surface area (Å²) in [7, 11) is -3.94. The zero-order chi connectivity index (χ0) is 7.33. The van der Waals surface area contributed by atoms with Gasteiger partial charge in [0.25, 0.3) is 7.82 Å². The van der Waals surface area contributed by atoms with Gasteiger partial charge in [0, 0.05) is 0 Å². The molecule has 0 bridgehead atoms. The van der Waals surface area contributed by atoms with Gasteiger partial charge in [0.05, 0.1) is 13.2 Å². The fourth-order valence-corrected chi connectivity index (χ4v) is 1.06. The minimum absolute atomic E-state index is 0. The Morgan fingerprint density at radius 3 is 1.80 bits per heavy atom. The summed E-state index contributed by atoms with van der Waals surface area (Å²) in [6.45, 7) is 3.43. The molecule has 0 unspecified atom stereocenters. The zero-order valence-corrected chi connectivity index (χ0v) is 7.69. The molecule has 10 heavy (non-hydrogen) atoms. The van der Waals surface area contributed by atoms with Gasteiger partial charge in [-0.1, -0.05) is 0 Å². The first-order chi connectivity index (χ1) is 4.12. The molecule has 0 aromatic rings. The molecule has 0 N–H and O–H groups in total. The summed E-state index contributed by atoms with van der Waals surface area (Å²) in [5.41, 5.74) is 0. The Bertz CT molecular complexity index is 108. The Balaban J connectivity index is 0. The molecule has 4 nitrogen and oxygen atoms in total. The van der Waals surface area contributed by atoms with E-state index in [2.05, 4.69) is 9.05 Å². The molecule has 0 fully saturated rings. The van der Waals surface area contributed by atoms with Gasteiger partial charge in [-0.15, -0.1) is 0 Å². The fourth-order valence-electron chi connectivity index (χ4n) is 0.353. The molecule has 0 rings (SSSR count). The summed E-state index contributed by atoms with van der Waals surface area (Å²) in [6.07, 6.45) is 0. The van der Waals surface area contributed by atoms with E-state index in [1.807, 2.05) is 0 Å². The summed E-state index contributed by atoms with van der Waals surface area (Å²) < 4.78 is 18.9. The van der Waals surface area contributed by atoms with Crippen molar-refractivity contribution in [1.82, 2.24) is 0 Å². The van der Waals surface area contributed by atoms with E-state index in [9.17, 15) is 9.46 Å². The molecule has 0 radical (unpaired) electrons. The Kier molecular flexibility index (Phi) is 8.35. The van der Waals surface area contributed by atoms with Crippen molar-refractivity contribution in [1.29, 1.82) is 0 Å². The first-order valence-corrected chi connectivity index (χ1v) is 4.18. The molecule has 0 amide bonds. The van der Waals surface area contributed by atoms with Crippen molar-refractivity contribution in [3.63, 3.8) is 0 Å². The van der Waals surface area contributed by atoms with Crippen molar-refractivity contribution in [2.45, 2.75) is 13.8 Å². The largest absolute Gasteiger partial charge is 2.00 e. The number of phosphoric ester groups is 1. The molecular weight excluding hydrogens is 202 g/mol. The second-order valence-electron chi connectivity index (χ2n) is 1.28. The summed E-state index contributed by atoms with van der Waals surface area (Å²) >= 11 is 0. The van der Waals surface area contributed by atoms with Gasteiger partial charge in [0.15, 0.2) is 0 Å². The van der Waals surface area contributed by atoms with Crippen LogP contribution in [0.1, 0.15) is 13.8 Å². The van der Waals surface area contributed by atoms with Crippen molar-refractivity contribution in [2.24, 2.45) is 0 Å². The van der Waals surface area contributed by atoms with E-state index in [1.165, 1.54) is 0 Å². The third kappa shape index (κ3) is 6.72. The Labute approximate surface area is 70.5 Å². The molecule has 0 saturated heterocycles. The quantitative estimate of drug-likeness (QED) is 0.503. The normalized spacial score (nSPS) is 10.7. The van der Waals surface area contributed by atoms with Gasteiger partial charge >= 0.3 is 16.5 Å². The molecule has 0 heterocycles. The minimum Gasteiger partial charge on any atom is -0.756 e. The van der Waals surface area contributed by atoms with Crippen LogP contribution in [0.4, 0.5) is 0 Å². The zero-order valence-electron chi connectivity index (χ0n) is 5.81. The van der Waals surface area contributed by atoms with Crippen LogP contribution in [0.3, 0.4) is 0 Å². The fraction of sp³-hybridized carbons (Fsp3) is 1.00.